The Morgan fingerprint density at radius 3 is 2.07 bits per heavy atom. The van der Waals surface area contributed by atoms with Gasteiger partial charge in [0, 0.05) is 38.3 Å². The molecule has 3 aromatic rings. The van der Waals surface area contributed by atoms with Crippen LogP contribution in [0.25, 0.3) is 11.1 Å². The van der Waals surface area contributed by atoms with Gasteiger partial charge in [0.15, 0.2) is 0 Å². The molecule has 1 fully saturated rings. The van der Waals surface area contributed by atoms with Crippen molar-refractivity contribution in [2.45, 2.75) is 18.9 Å². The van der Waals surface area contributed by atoms with Gasteiger partial charge >= 0.3 is 0 Å². The van der Waals surface area contributed by atoms with Crippen LogP contribution in [0.15, 0.2) is 67.0 Å². The standard InChI is InChI=1S/C22H20N4O/c23-16-17-2-4-18(5-3-17)19-6-8-20(9-7-19)27-21-10-14-26(15-11-21)22-24-12-1-13-25-22/h1-9,12-13,21H,10-11,14-15H2. The monoisotopic (exact) mass is 356 g/mol. The summed E-state index contributed by atoms with van der Waals surface area (Å²) in [5.74, 6) is 1.68. The Kier molecular flexibility index (Phi) is 4.97. The number of rotatable bonds is 4. The van der Waals surface area contributed by atoms with Gasteiger partial charge in [0.25, 0.3) is 0 Å². The van der Waals surface area contributed by atoms with E-state index >= 15 is 0 Å². The van der Waals surface area contributed by atoms with Gasteiger partial charge in [-0.15, -0.1) is 0 Å². The van der Waals surface area contributed by atoms with E-state index in [-0.39, 0.29) is 6.10 Å². The average Bonchev–Trinajstić information content (AvgIpc) is 2.76. The van der Waals surface area contributed by atoms with Crippen LogP contribution in [-0.2, 0) is 0 Å². The Bertz CT molecular complexity index is 909. The van der Waals surface area contributed by atoms with Crippen LogP contribution in [0.1, 0.15) is 18.4 Å². The quantitative estimate of drug-likeness (QED) is 0.705. The van der Waals surface area contributed by atoms with Crippen LogP contribution in [-0.4, -0.2) is 29.2 Å². The first-order valence-electron chi connectivity index (χ1n) is 9.11. The molecule has 1 aliphatic rings. The SMILES string of the molecule is N#Cc1ccc(-c2ccc(OC3CCN(c4ncccn4)CC3)cc2)cc1. The molecule has 134 valence electrons. The van der Waals surface area contributed by atoms with E-state index in [0.29, 0.717) is 5.56 Å². The van der Waals surface area contributed by atoms with Crippen molar-refractivity contribution in [3.05, 3.63) is 72.6 Å². The maximum atomic E-state index is 8.90. The highest BCUT2D eigenvalue weighted by molar-refractivity contribution is 5.64. The minimum absolute atomic E-state index is 0.214. The number of hydrogen-bond donors (Lipinski definition) is 0. The van der Waals surface area contributed by atoms with E-state index < -0.39 is 0 Å². The van der Waals surface area contributed by atoms with Gasteiger partial charge in [0.05, 0.1) is 11.6 Å². The minimum atomic E-state index is 0.214. The van der Waals surface area contributed by atoms with E-state index in [2.05, 4.69) is 33.1 Å². The van der Waals surface area contributed by atoms with Crippen molar-refractivity contribution in [3.8, 4) is 22.9 Å². The van der Waals surface area contributed by atoms with Crippen LogP contribution in [0.3, 0.4) is 0 Å². The first-order valence-corrected chi connectivity index (χ1v) is 9.11. The second-order valence-electron chi connectivity index (χ2n) is 6.57. The van der Waals surface area contributed by atoms with Gasteiger partial charge in [-0.1, -0.05) is 24.3 Å². The highest BCUT2D eigenvalue weighted by atomic mass is 16.5. The lowest BCUT2D eigenvalue weighted by molar-refractivity contribution is 0.170. The van der Waals surface area contributed by atoms with Crippen LogP contribution in [0.2, 0.25) is 0 Å². The summed E-state index contributed by atoms with van der Waals surface area (Å²) in [7, 11) is 0. The Hall–Kier alpha value is -3.39. The fourth-order valence-electron chi connectivity index (χ4n) is 3.28. The molecule has 5 nitrogen and oxygen atoms in total. The summed E-state index contributed by atoms with van der Waals surface area (Å²) in [6, 6.07) is 19.7. The van der Waals surface area contributed by atoms with E-state index in [9.17, 15) is 0 Å². The summed E-state index contributed by atoms with van der Waals surface area (Å²) in [5, 5.41) is 8.90. The molecular formula is C22H20N4O. The lowest BCUT2D eigenvalue weighted by atomic mass is 10.0. The molecular weight excluding hydrogens is 336 g/mol. The number of nitrogens with zero attached hydrogens (tertiary/aromatic N) is 4. The first kappa shape index (κ1) is 17.0. The fraction of sp³-hybridized carbons (Fsp3) is 0.227. The largest absolute Gasteiger partial charge is 0.490 e. The lowest BCUT2D eigenvalue weighted by Crippen LogP contribution is -2.39. The second-order valence-corrected chi connectivity index (χ2v) is 6.57. The van der Waals surface area contributed by atoms with Gasteiger partial charge in [-0.05, 0) is 41.5 Å². The van der Waals surface area contributed by atoms with Crippen LogP contribution in [0, 0.1) is 11.3 Å². The zero-order valence-electron chi connectivity index (χ0n) is 15.0. The molecule has 27 heavy (non-hydrogen) atoms. The smallest absolute Gasteiger partial charge is 0.225 e. The van der Waals surface area contributed by atoms with E-state index in [1.165, 1.54) is 0 Å². The molecule has 0 spiro atoms. The molecule has 0 bridgehead atoms. The van der Waals surface area contributed by atoms with Crippen molar-refractivity contribution in [1.82, 2.24) is 9.97 Å². The van der Waals surface area contributed by atoms with Crippen LogP contribution in [0.5, 0.6) is 5.75 Å². The number of nitriles is 1. The van der Waals surface area contributed by atoms with Crippen molar-refractivity contribution < 1.29 is 4.74 Å². The summed E-state index contributed by atoms with van der Waals surface area (Å²) in [6.07, 6.45) is 5.68. The number of anilines is 1. The molecule has 2 aromatic carbocycles. The molecule has 0 saturated carbocycles. The van der Waals surface area contributed by atoms with Crippen molar-refractivity contribution in [3.63, 3.8) is 0 Å². The predicted molar refractivity (Wildman–Crippen MR) is 104 cm³/mol. The number of benzene rings is 2. The lowest BCUT2D eigenvalue weighted by Gasteiger charge is -2.32. The van der Waals surface area contributed by atoms with E-state index in [1.54, 1.807) is 12.4 Å². The van der Waals surface area contributed by atoms with E-state index in [0.717, 1.165) is 48.8 Å². The molecule has 4 rings (SSSR count). The van der Waals surface area contributed by atoms with Gasteiger partial charge in [-0.25, -0.2) is 9.97 Å². The fourth-order valence-corrected chi connectivity index (χ4v) is 3.28. The normalized spacial score (nSPS) is 14.6. The summed E-state index contributed by atoms with van der Waals surface area (Å²) < 4.78 is 6.16. The van der Waals surface area contributed by atoms with Gasteiger partial charge < -0.3 is 9.64 Å². The highest BCUT2D eigenvalue weighted by Gasteiger charge is 2.22. The maximum Gasteiger partial charge on any atom is 0.225 e. The van der Waals surface area contributed by atoms with Gasteiger partial charge in [0.1, 0.15) is 11.9 Å². The third-order valence-corrected chi connectivity index (χ3v) is 4.78. The molecule has 0 unspecified atom stereocenters. The van der Waals surface area contributed by atoms with Crippen molar-refractivity contribution >= 4 is 5.95 Å². The molecule has 1 saturated heterocycles. The van der Waals surface area contributed by atoms with Gasteiger partial charge in [0.2, 0.25) is 5.95 Å². The molecule has 0 aliphatic carbocycles. The third-order valence-electron chi connectivity index (χ3n) is 4.78. The Morgan fingerprint density at radius 1 is 0.889 bits per heavy atom. The first-order chi connectivity index (χ1) is 13.3. The van der Waals surface area contributed by atoms with Crippen molar-refractivity contribution in [1.29, 1.82) is 5.26 Å². The minimum Gasteiger partial charge on any atom is -0.490 e. The van der Waals surface area contributed by atoms with Gasteiger partial charge in [-0.2, -0.15) is 5.26 Å². The Balaban J connectivity index is 1.34. The van der Waals surface area contributed by atoms with E-state index in [1.807, 2.05) is 42.5 Å². The summed E-state index contributed by atoms with van der Waals surface area (Å²) in [5.41, 5.74) is 2.88. The highest BCUT2D eigenvalue weighted by Crippen LogP contribution is 2.25. The molecule has 2 heterocycles. The molecule has 1 aliphatic heterocycles. The molecule has 0 N–H and O–H groups in total. The zero-order valence-corrected chi connectivity index (χ0v) is 15.0. The molecule has 0 amide bonds. The molecule has 5 heteroatoms. The Morgan fingerprint density at radius 2 is 1.48 bits per heavy atom. The van der Waals surface area contributed by atoms with Crippen LogP contribution < -0.4 is 9.64 Å². The van der Waals surface area contributed by atoms with Crippen LogP contribution >= 0.6 is 0 Å². The predicted octanol–water partition coefficient (Wildman–Crippen LogP) is 4.06. The maximum absolute atomic E-state index is 8.90. The number of ether oxygens (including phenoxy) is 1. The molecule has 0 atom stereocenters. The van der Waals surface area contributed by atoms with Crippen molar-refractivity contribution in [2.75, 3.05) is 18.0 Å². The molecule has 0 radical (unpaired) electrons. The second kappa shape index (κ2) is 7.88. The van der Waals surface area contributed by atoms with Gasteiger partial charge in [-0.3, -0.25) is 0 Å². The molecule has 1 aromatic heterocycles. The summed E-state index contributed by atoms with van der Waals surface area (Å²) in [6.45, 7) is 1.80. The zero-order chi connectivity index (χ0) is 18.5. The topological polar surface area (TPSA) is 62.0 Å². The summed E-state index contributed by atoms with van der Waals surface area (Å²) >= 11 is 0. The van der Waals surface area contributed by atoms with Crippen LogP contribution in [0.4, 0.5) is 5.95 Å². The Labute approximate surface area is 158 Å². The summed E-state index contributed by atoms with van der Waals surface area (Å²) in [4.78, 5) is 10.8. The average molecular weight is 356 g/mol. The number of piperidine rings is 1. The number of aromatic nitrogens is 2. The van der Waals surface area contributed by atoms with E-state index in [4.69, 9.17) is 10.00 Å². The third kappa shape index (κ3) is 4.06. The van der Waals surface area contributed by atoms with Crippen molar-refractivity contribution in [2.24, 2.45) is 0 Å². The number of hydrogen-bond acceptors (Lipinski definition) is 5.